The van der Waals surface area contributed by atoms with Crippen molar-refractivity contribution < 1.29 is 42.9 Å². The van der Waals surface area contributed by atoms with Crippen LogP contribution >= 0.6 is 0 Å². The molecule has 1 aliphatic carbocycles. The molecular formula is C19H32N4O9. The second-order valence-corrected chi connectivity index (χ2v) is 6.52. The fourth-order valence-corrected chi connectivity index (χ4v) is 3.11. The van der Waals surface area contributed by atoms with Gasteiger partial charge in [-0.3, -0.25) is 4.79 Å². The predicted octanol–water partition coefficient (Wildman–Crippen LogP) is 2.11. The molecule has 13 nitrogen and oxygen atoms in total. The molecule has 0 aliphatic heterocycles. The molecule has 1 fully saturated rings. The van der Waals surface area contributed by atoms with Gasteiger partial charge in [0.25, 0.3) is 0 Å². The van der Waals surface area contributed by atoms with E-state index in [2.05, 4.69) is 10.9 Å². The number of hydrogen-bond acceptors (Lipinski definition) is 9. The highest BCUT2D eigenvalue weighted by Gasteiger charge is 2.42. The normalized spacial score (nSPS) is 17.9. The van der Waals surface area contributed by atoms with E-state index >= 15 is 0 Å². The van der Waals surface area contributed by atoms with Crippen LogP contribution < -0.4 is 10.9 Å². The second-order valence-electron chi connectivity index (χ2n) is 6.52. The van der Waals surface area contributed by atoms with Crippen LogP contribution in [0.3, 0.4) is 0 Å². The van der Waals surface area contributed by atoms with Crippen LogP contribution in [0.4, 0.5) is 19.2 Å². The Morgan fingerprint density at radius 2 is 1.06 bits per heavy atom. The van der Waals surface area contributed by atoms with E-state index < -0.39 is 42.2 Å². The smallest absolute Gasteiger partial charge is 0.429 e. The summed E-state index contributed by atoms with van der Waals surface area (Å²) in [6, 6.07) is -2.35. The Labute approximate surface area is 186 Å². The molecule has 32 heavy (non-hydrogen) atoms. The molecule has 1 rings (SSSR count). The Kier molecular flexibility index (Phi) is 11.7. The number of carbonyl (C=O) groups excluding carboxylic acids is 5. The summed E-state index contributed by atoms with van der Waals surface area (Å²) in [5.74, 6) is -0.600. The summed E-state index contributed by atoms with van der Waals surface area (Å²) in [6.45, 7) is 6.41. The van der Waals surface area contributed by atoms with E-state index in [1.165, 1.54) is 0 Å². The third-order valence-corrected chi connectivity index (χ3v) is 4.39. The van der Waals surface area contributed by atoms with Gasteiger partial charge in [0.2, 0.25) is 0 Å². The van der Waals surface area contributed by atoms with Crippen molar-refractivity contribution in [3.8, 4) is 0 Å². The molecule has 0 aromatic rings. The van der Waals surface area contributed by atoms with Crippen LogP contribution in [0.15, 0.2) is 0 Å². The summed E-state index contributed by atoms with van der Waals surface area (Å²) < 4.78 is 19.6. The minimum absolute atomic E-state index is 0.00351. The number of rotatable bonds is 6. The second kappa shape index (κ2) is 13.9. The van der Waals surface area contributed by atoms with Crippen molar-refractivity contribution in [2.75, 3.05) is 26.4 Å². The number of nitrogens with one attached hydrogen (secondary N) is 2. The van der Waals surface area contributed by atoms with Crippen molar-refractivity contribution in [3.05, 3.63) is 0 Å². The van der Waals surface area contributed by atoms with E-state index in [0.717, 1.165) is 10.0 Å². The Hall–Kier alpha value is -3.25. The Morgan fingerprint density at radius 1 is 0.719 bits per heavy atom. The molecule has 4 amide bonds. The molecule has 0 aromatic heterocycles. The molecule has 0 aromatic carbocycles. The molecule has 0 heterocycles. The molecule has 2 N–H and O–H groups in total. The Bertz CT molecular complexity index is 619. The van der Waals surface area contributed by atoms with Crippen molar-refractivity contribution >= 4 is 30.2 Å². The number of Topliss-reactive ketones (excluding diaryl/α,β-unsaturated/α-hetero) is 1. The molecule has 2 atom stereocenters. The van der Waals surface area contributed by atoms with Gasteiger partial charge in [0.15, 0.2) is 5.78 Å². The molecule has 0 radical (unpaired) electrons. The number of hydrazine groups is 2. The SMILES string of the molecule is CCOC(=O)NN(C(=O)OCC)C1CCCCC(N(NC(=O)OCC)C(=O)OCC)C1=O. The largest absolute Gasteiger partial charge is 0.449 e. The van der Waals surface area contributed by atoms with Crippen molar-refractivity contribution in [3.63, 3.8) is 0 Å². The van der Waals surface area contributed by atoms with Crippen molar-refractivity contribution in [1.29, 1.82) is 0 Å². The highest BCUT2D eigenvalue weighted by atomic mass is 16.6. The molecule has 0 saturated heterocycles. The lowest BCUT2D eigenvalue weighted by Gasteiger charge is -2.33. The first-order chi connectivity index (χ1) is 15.3. The van der Waals surface area contributed by atoms with E-state index in [1.807, 2.05) is 0 Å². The highest BCUT2D eigenvalue weighted by Crippen LogP contribution is 2.23. The predicted molar refractivity (Wildman–Crippen MR) is 109 cm³/mol. The molecule has 0 bridgehead atoms. The standard InChI is InChI=1S/C19H32N4O9/c1-5-29-16(25)20-22(18(27)31-7-3)13-11-9-10-12-14(15(13)24)23(19(28)32-8-4)21-17(26)30-6-2/h13-14H,5-12H2,1-4H3,(H,20,25)(H,21,26). The molecular weight excluding hydrogens is 428 g/mol. The van der Waals surface area contributed by atoms with Crippen LogP contribution in [0, 0.1) is 0 Å². The van der Waals surface area contributed by atoms with Gasteiger partial charge >= 0.3 is 24.4 Å². The van der Waals surface area contributed by atoms with Crippen molar-refractivity contribution in [2.24, 2.45) is 0 Å². The van der Waals surface area contributed by atoms with Gasteiger partial charge in [-0.05, 0) is 40.5 Å². The Balaban J connectivity index is 3.24. The Morgan fingerprint density at radius 3 is 1.38 bits per heavy atom. The molecule has 13 heteroatoms. The zero-order chi connectivity index (χ0) is 24.1. The lowest BCUT2D eigenvalue weighted by molar-refractivity contribution is -0.130. The minimum atomic E-state index is -1.17. The molecule has 0 spiro atoms. The molecule has 2 unspecified atom stereocenters. The summed E-state index contributed by atoms with van der Waals surface area (Å²) in [4.78, 5) is 62.4. The van der Waals surface area contributed by atoms with Gasteiger partial charge in [0.1, 0.15) is 12.1 Å². The van der Waals surface area contributed by atoms with Crippen LogP contribution in [0.2, 0.25) is 0 Å². The zero-order valence-corrected chi connectivity index (χ0v) is 18.9. The summed E-state index contributed by atoms with van der Waals surface area (Å²) in [5, 5.41) is 1.52. The lowest BCUT2D eigenvalue weighted by atomic mass is 10.0. The first kappa shape index (κ1) is 26.8. The average molecular weight is 460 g/mol. The number of hydrogen-bond donors (Lipinski definition) is 2. The van der Waals surface area contributed by atoms with Crippen LogP contribution in [0.1, 0.15) is 53.4 Å². The average Bonchev–Trinajstić information content (AvgIpc) is 2.92. The fraction of sp³-hybridized carbons (Fsp3) is 0.737. The van der Waals surface area contributed by atoms with Crippen LogP contribution in [0.25, 0.3) is 0 Å². The third-order valence-electron chi connectivity index (χ3n) is 4.39. The first-order valence-electron chi connectivity index (χ1n) is 10.6. The lowest BCUT2D eigenvalue weighted by Crippen LogP contribution is -2.61. The summed E-state index contributed by atoms with van der Waals surface area (Å²) >= 11 is 0. The molecule has 182 valence electrons. The van der Waals surface area contributed by atoms with Crippen LogP contribution in [-0.4, -0.2) is 78.7 Å². The maximum atomic E-state index is 13.4. The van der Waals surface area contributed by atoms with Crippen LogP contribution in [0.5, 0.6) is 0 Å². The monoisotopic (exact) mass is 460 g/mol. The number of nitrogens with zero attached hydrogens (tertiary/aromatic N) is 2. The number of ketones is 1. The summed E-state index contributed by atoms with van der Waals surface area (Å²) in [7, 11) is 0. The maximum absolute atomic E-state index is 13.4. The molecule has 1 aliphatic rings. The summed E-state index contributed by atoms with van der Waals surface area (Å²) in [5.41, 5.74) is 4.47. The number of amides is 4. The topological polar surface area (TPSA) is 153 Å². The van der Waals surface area contributed by atoms with Gasteiger partial charge < -0.3 is 18.9 Å². The van der Waals surface area contributed by atoms with Gasteiger partial charge in [-0.2, -0.15) is 0 Å². The first-order valence-corrected chi connectivity index (χ1v) is 10.6. The van der Waals surface area contributed by atoms with E-state index in [9.17, 15) is 24.0 Å². The summed E-state index contributed by atoms with van der Waals surface area (Å²) in [6.07, 6.45) is -2.41. The fourth-order valence-electron chi connectivity index (χ4n) is 3.11. The molecule has 1 saturated carbocycles. The third kappa shape index (κ3) is 7.78. The van der Waals surface area contributed by atoms with E-state index in [1.54, 1.807) is 27.7 Å². The van der Waals surface area contributed by atoms with Gasteiger partial charge in [-0.1, -0.05) is 12.8 Å². The quantitative estimate of drug-likeness (QED) is 0.345. The van der Waals surface area contributed by atoms with Crippen LogP contribution in [-0.2, 0) is 23.7 Å². The van der Waals surface area contributed by atoms with Gasteiger partial charge in [0.05, 0.1) is 26.4 Å². The van der Waals surface area contributed by atoms with Crippen molar-refractivity contribution in [2.45, 2.75) is 65.5 Å². The minimum Gasteiger partial charge on any atom is -0.449 e. The van der Waals surface area contributed by atoms with Gasteiger partial charge in [0, 0.05) is 0 Å². The van der Waals surface area contributed by atoms with Crippen molar-refractivity contribution in [1.82, 2.24) is 20.9 Å². The van der Waals surface area contributed by atoms with E-state index in [4.69, 9.17) is 18.9 Å². The van der Waals surface area contributed by atoms with Gasteiger partial charge in [-0.15, -0.1) is 0 Å². The zero-order valence-electron chi connectivity index (χ0n) is 18.9. The van der Waals surface area contributed by atoms with E-state index in [-0.39, 0.29) is 39.3 Å². The van der Waals surface area contributed by atoms with Gasteiger partial charge in [-0.25, -0.2) is 40.0 Å². The maximum Gasteiger partial charge on any atom is 0.429 e. The highest BCUT2D eigenvalue weighted by molar-refractivity contribution is 5.94. The number of carbonyl (C=O) groups is 5. The number of ether oxygens (including phenoxy) is 4. The van der Waals surface area contributed by atoms with E-state index in [0.29, 0.717) is 12.8 Å².